The van der Waals surface area contributed by atoms with Crippen molar-refractivity contribution in [2.24, 2.45) is 5.73 Å². The second-order valence-corrected chi connectivity index (χ2v) is 6.29. The zero-order valence-electron chi connectivity index (χ0n) is 16.0. The first kappa shape index (κ1) is 21.7. The second-order valence-electron chi connectivity index (χ2n) is 6.29. The van der Waals surface area contributed by atoms with Crippen LogP contribution in [0.2, 0.25) is 0 Å². The minimum absolute atomic E-state index is 0.0902. The standard InChI is InChI=1S/C21H25N3O5/c22-19(25)18(24-21(27)29-15-17-10-5-2-6-11-17)12-7-13-23-20(26)28-14-16-8-3-1-4-9-16/h1-6,8-11,18H,7,12-15H2,(H2,22,25)(H,23,26)(H,24,27). The molecule has 0 aliphatic rings. The molecule has 1 atom stereocenters. The van der Waals surface area contributed by atoms with Crippen molar-refractivity contribution in [2.45, 2.75) is 32.1 Å². The Morgan fingerprint density at radius 1 is 0.828 bits per heavy atom. The molecule has 0 aliphatic carbocycles. The van der Waals surface area contributed by atoms with E-state index in [0.717, 1.165) is 11.1 Å². The van der Waals surface area contributed by atoms with Gasteiger partial charge in [-0.25, -0.2) is 9.59 Å². The Morgan fingerprint density at radius 3 is 1.86 bits per heavy atom. The summed E-state index contributed by atoms with van der Waals surface area (Å²) < 4.78 is 10.2. The molecule has 0 saturated heterocycles. The van der Waals surface area contributed by atoms with Crippen molar-refractivity contribution >= 4 is 18.1 Å². The van der Waals surface area contributed by atoms with Crippen LogP contribution in [-0.2, 0) is 27.5 Å². The summed E-state index contributed by atoms with van der Waals surface area (Å²) in [6, 6.07) is 17.6. The number of carbonyl (C=O) groups is 3. The van der Waals surface area contributed by atoms with Gasteiger partial charge in [-0.1, -0.05) is 60.7 Å². The maximum Gasteiger partial charge on any atom is 0.408 e. The van der Waals surface area contributed by atoms with E-state index in [-0.39, 0.29) is 26.2 Å². The Balaban J connectivity index is 1.63. The van der Waals surface area contributed by atoms with Gasteiger partial charge in [-0.15, -0.1) is 0 Å². The Hall–Kier alpha value is -3.55. The van der Waals surface area contributed by atoms with Crippen LogP contribution in [0.5, 0.6) is 0 Å². The van der Waals surface area contributed by atoms with Crippen molar-refractivity contribution in [3.8, 4) is 0 Å². The number of rotatable bonds is 10. The van der Waals surface area contributed by atoms with Crippen LogP contribution in [-0.4, -0.2) is 30.7 Å². The van der Waals surface area contributed by atoms with Crippen LogP contribution in [0.4, 0.5) is 9.59 Å². The van der Waals surface area contributed by atoms with Crippen LogP contribution in [0.3, 0.4) is 0 Å². The van der Waals surface area contributed by atoms with Crippen molar-refractivity contribution < 1.29 is 23.9 Å². The molecule has 2 aromatic carbocycles. The monoisotopic (exact) mass is 399 g/mol. The quantitative estimate of drug-likeness (QED) is 0.530. The van der Waals surface area contributed by atoms with Crippen LogP contribution in [0.15, 0.2) is 60.7 Å². The van der Waals surface area contributed by atoms with Crippen molar-refractivity contribution in [1.82, 2.24) is 10.6 Å². The van der Waals surface area contributed by atoms with Gasteiger partial charge in [-0.3, -0.25) is 4.79 Å². The third-order valence-electron chi connectivity index (χ3n) is 4.00. The lowest BCUT2D eigenvalue weighted by Gasteiger charge is -2.15. The van der Waals surface area contributed by atoms with Gasteiger partial charge in [0.15, 0.2) is 0 Å². The molecule has 0 aliphatic heterocycles. The molecule has 3 amide bonds. The molecule has 29 heavy (non-hydrogen) atoms. The van der Waals surface area contributed by atoms with E-state index in [4.69, 9.17) is 15.2 Å². The van der Waals surface area contributed by atoms with Crippen LogP contribution in [0.1, 0.15) is 24.0 Å². The van der Waals surface area contributed by atoms with E-state index in [9.17, 15) is 14.4 Å². The summed E-state index contributed by atoms with van der Waals surface area (Å²) in [4.78, 5) is 35.1. The molecule has 0 fully saturated rings. The van der Waals surface area contributed by atoms with Gasteiger partial charge >= 0.3 is 12.2 Å². The lowest BCUT2D eigenvalue weighted by molar-refractivity contribution is -0.120. The minimum atomic E-state index is -0.889. The van der Waals surface area contributed by atoms with E-state index in [1.165, 1.54) is 0 Å². The van der Waals surface area contributed by atoms with Gasteiger partial charge in [-0.05, 0) is 24.0 Å². The number of hydrogen-bond donors (Lipinski definition) is 3. The Morgan fingerprint density at radius 2 is 1.34 bits per heavy atom. The molecule has 0 saturated carbocycles. The van der Waals surface area contributed by atoms with Gasteiger partial charge in [0.2, 0.25) is 5.91 Å². The van der Waals surface area contributed by atoms with Gasteiger partial charge in [0.1, 0.15) is 19.3 Å². The minimum Gasteiger partial charge on any atom is -0.445 e. The molecular weight excluding hydrogens is 374 g/mol. The first-order chi connectivity index (χ1) is 14.0. The van der Waals surface area contributed by atoms with E-state index < -0.39 is 24.1 Å². The highest BCUT2D eigenvalue weighted by Crippen LogP contribution is 2.03. The highest BCUT2D eigenvalue weighted by atomic mass is 16.6. The summed E-state index contributed by atoms with van der Waals surface area (Å²) in [5.41, 5.74) is 7.04. The topological polar surface area (TPSA) is 120 Å². The lowest BCUT2D eigenvalue weighted by atomic mass is 10.1. The smallest absolute Gasteiger partial charge is 0.408 e. The van der Waals surface area contributed by atoms with Crippen LogP contribution in [0, 0.1) is 0 Å². The lowest BCUT2D eigenvalue weighted by Crippen LogP contribution is -2.45. The average Bonchev–Trinajstić information content (AvgIpc) is 2.74. The maximum atomic E-state index is 11.9. The van der Waals surface area contributed by atoms with E-state index in [2.05, 4.69) is 10.6 Å². The predicted octanol–water partition coefficient (Wildman–Crippen LogP) is 2.47. The summed E-state index contributed by atoms with van der Waals surface area (Å²) in [6.45, 7) is 0.538. The fourth-order valence-corrected chi connectivity index (χ4v) is 2.46. The van der Waals surface area contributed by atoms with E-state index in [1.54, 1.807) is 0 Å². The second kappa shape index (κ2) is 12.0. The largest absolute Gasteiger partial charge is 0.445 e. The van der Waals surface area contributed by atoms with Gasteiger partial charge in [0.25, 0.3) is 0 Å². The first-order valence-corrected chi connectivity index (χ1v) is 9.25. The summed E-state index contributed by atoms with van der Waals surface area (Å²) in [6.07, 6.45) is -0.602. The number of primary amides is 1. The molecule has 2 aromatic rings. The number of amides is 3. The molecule has 8 heteroatoms. The van der Waals surface area contributed by atoms with Gasteiger partial charge < -0.3 is 25.8 Å². The number of nitrogens with one attached hydrogen (secondary N) is 2. The van der Waals surface area contributed by atoms with Crippen molar-refractivity contribution in [3.63, 3.8) is 0 Å². The van der Waals surface area contributed by atoms with E-state index in [0.29, 0.717) is 6.42 Å². The van der Waals surface area contributed by atoms with Gasteiger partial charge in [0, 0.05) is 6.54 Å². The SMILES string of the molecule is NC(=O)C(CCCNC(=O)OCc1ccccc1)NC(=O)OCc1ccccc1. The highest BCUT2D eigenvalue weighted by Gasteiger charge is 2.18. The number of ether oxygens (including phenoxy) is 2. The zero-order chi connectivity index (χ0) is 20.9. The number of alkyl carbamates (subject to hydrolysis) is 2. The number of hydrogen-bond acceptors (Lipinski definition) is 5. The van der Waals surface area contributed by atoms with Gasteiger partial charge in [-0.2, -0.15) is 0 Å². The summed E-state index contributed by atoms with van der Waals surface area (Å²) in [5.74, 6) is -0.673. The number of nitrogens with two attached hydrogens (primary N) is 1. The summed E-state index contributed by atoms with van der Waals surface area (Å²) in [5, 5.41) is 5.03. The molecule has 0 heterocycles. The normalized spacial score (nSPS) is 11.2. The average molecular weight is 399 g/mol. The van der Waals surface area contributed by atoms with Crippen molar-refractivity contribution in [3.05, 3.63) is 71.8 Å². The zero-order valence-corrected chi connectivity index (χ0v) is 16.0. The molecule has 0 spiro atoms. The Bertz CT molecular complexity index is 783. The summed E-state index contributed by atoms with van der Waals surface area (Å²) >= 11 is 0. The van der Waals surface area contributed by atoms with Crippen molar-refractivity contribution in [2.75, 3.05) is 6.54 Å². The highest BCUT2D eigenvalue weighted by molar-refractivity contribution is 5.84. The molecule has 0 aromatic heterocycles. The maximum absolute atomic E-state index is 11.9. The molecule has 0 radical (unpaired) electrons. The molecule has 4 N–H and O–H groups in total. The van der Waals surface area contributed by atoms with Gasteiger partial charge in [0.05, 0.1) is 0 Å². The molecule has 1 unspecified atom stereocenters. The van der Waals surface area contributed by atoms with E-state index in [1.807, 2.05) is 60.7 Å². The molecular formula is C21H25N3O5. The molecule has 2 rings (SSSR count). The molecule has 0 bridgehead atoms. The fraction of sp³-hybridized carbons (Fsp3) is 0.286. The van der Waals surface area contributed by atoms with E-state index >= 15 is 0 Å². The van der Waals surface area contributed by atoms with Crippen LogP contribution >= 0.6 is 0 Å². The van der Waals surface area contributed by atoms with Crippen molar-refractivity contribution in [1.29, 1.82) is 0 Å². The van der Waals surface area contributed by atoms with Crippen LogP contribution < -0.4 is 16.4 Å². The number of benzene rings is 2. The van der Waals surface area contributed by atoms with Crippen LogP contribution in [0.25, 0.3) is 0 Å². The molecule has 154 valence electrons. The summed E-state index contributed by atoms with van der Waals surface area (Å²) in [7, 11) is 0. The Labute approximate surface area is 169 Å². The first-order valence-electron chi connectivity index (χ1n) is 9.25. The third kappa shape index (κ3) is 8.79. The molecule has 8 nitrogen and oxygen atoms in total. The Kier molecular flexibility index (Phi) is 9.01. The predicted molar refractivity (Wildman–Crippen MR) is 107 cm³/mol. The fourth-order valence-electron chi connectivity index (χ4n) is 2.46. The number of carbonyl (C=O) groups excluding carboxylic acids is 3. The third-order valence-corrected chi connectivity index (χ3v) is 4.00.